The zero-order chi connectivity index (χ0) is 25.7. The molecule has 0 N–H and O–H groups in total. The maximum Gasteiger partial charge on any atom is 0.573 e. The molecule has 0 aliphatic heterocycles. The molecule has 2 aliphatic carbocycles. The zero-order valence-electron chi connectivity index (χ0n) is 19.8. The van der Waals surface area contributed by atoms with Crippen molar-refractivity contribution in [2.45, 2.75) is 76.2 Å². The molecular weight excluding hydrogens is 483 g/mol. The SMILES string of the molecule is Cn1nnc(OC2CCC(c3ccc(OC(F)(F)F)cc3)CC2)c1C(=O)OOC(=O)C1CCCCC1. The zero-order valence-corrected chi connectivity index (χ0v) is 19.8. The van der Waals surface area contributed by atoms with E-state index in [9.17, 15) is 22.8 Å². The molecule has 0 atom stereocenters. The van der Waals surface area contributed by atoms with Gasteiger partial charge >= 0.3 is 18.3 Å². The van der Waals surface area contributed by atoms with E-state index in [1.165, 1.54) is 23.9 Å². The molecule has 0 amide bonds. The molecule has 0 saturated heterocycles. The first-order valence-corrected chi connectivity index (χ1v) is 12.0. The van der Waals surface area contributed by atoms with Crippen LogP contribution in [0.3, 0.4) is 0 Å². The lowest BCUT2D eigenvalue weighted by Gasteiger charge is -2.28. The Bertz CT molecular complexity index is 1040. The molecular formula is C24H28F3N3O6. The van der Waals surface area contributed by atoms with Gasteiger partial charge in [0.05, 0.1) is 5.92 Å². The molecule has 12 heteroatoms. The van der Waals surface area contributed by atoms with Gasteiger partial charge in [-0.15, -0.1) is 13.2 Å². The van der Waals surface area contributed by atoms with Crippen LogP contribution in [-0.4, -0.2) is 39.4 Å². The molecule has 196 valence electrons. The lowest BCUT2D eigenvalue weighted by atomic mass is 9.83. The average Bonchev–Trinajstić information content (AvgIpc) is 3.22. The predicted molar refractivity (Wildman–Crippen MR) is 118 cm³/mol. The second-order valence-corrected chi connectivity index (χ2v) is 9.18. The number of aromatic nitrogens is 3. The van der Waals surface area contributed by atoms with Gasteiger partial charge in [-0.3, -0.25) is 0 Å². The minimum atomic E-state index is -4.72. The van der Waals surface area contributed by atoms with Crippen LogP contribution in [0.15, 0.2) is 24.3 Å². The highest BCUT2D eigenvalue weighted by Crippen LogP contribution is 2.36. The van der Waals surface area contributed by atoms with E-state index in [-0.39, 0.29) is 35.3 Å². The van der Waals surface area contributed by atoms with E-state index in [1.807, 2.05) is 0 Å². The minimum Gasteiger partial charge on any atom is -0.472 e. The summed E-state index contributed by atoms with van der Waals surface area (Å²) in [5, 5.41) is 7.73. The summed E-state index contributed by atoms with van der Waals surface area (Å²) in [5.41, 5.74) is 0.861. The molecule has 2 fully saturated rings. The number of hydrogen-bond acceptors (Lipinski definition) is 8. The summed E-state index contributed by atoms with van der Waals surface area (Å²) in [6.45, 7) is 0. The molecule has 2 saturated carbocycles. The van der Waals surface area contributed by atoms with Crippen molar-refractivity contribution in [2.24, 2.45) is 13.0 Å². The lowest BCUT2D eigenvalue weighted by Crippen LogP contribution is -2.25. The van der Waals surface area contributed by atoms with Gasteiger partial charge in [-0.05, 0) is 62.1 Å². The van der Waals surface area contributed by atoms with Crippen molar-refractivity contribution in [1.82, 2.24) is 15.0 Å². The molecule has 0 bridgehead atoms. The summed E-state index contributed by atoms with van der Waals surface area (Å²) in [6.07, 6.45) is 2.21. The molecule has 9 nitrogen and oxygen atoms in total. The number of nitrogens with zero attached hydrogens (tertiary/aromatic N) is 3. The number of ether oxygens (including phenoxy) is 2. The number of benzene rings is 1. The number of aryl methyl sites for hydroxylation is 1. The number of alkyl halides is 3. The minimum absolute atomic E-state index is 0.00619. The number of rotatable bonds is 6. The second kappa shape index (κ2) is 11.2. The normalized spacial score (nSPS) is 21.0. The Labute approximate surface area is 205 Å². The van der Waals surface area contributed by atoms with Crippen LogP contribution in [0.25, 0.3) is 0 Å². The van der Waals surface area contributed by atoms with E-state index in [0.29, 0.717) is 25.7 Å². The van der Waals surface area contributed by atoms with Crippen LogP contribution in [0.2, 0.25) is 0 Å². The van der Waals surface area contributed by atoms with Gasteiger partial charge in [0, 0.05) is 7.05 Å². The largest absolute Gasteiger partial charge is 0.573 e. The molecule has 0 unspecified atom stereocenters. The molecule has 1 aromatic carbocycles. The summed E-state index contributed by atoms with van der Waals surface area (Å²) in [7, 11) is 1.50. The van der Waals surface area contributed by atoms with Gasteiger partial charge in [-0.1, -0.05) is 41.7 Å². The lowest BCUT2D eigenvalue weighted by molar-refractivity contribution is -0.274. The van der Waals surface area contributed by atoms with Crippen molar-refractivity contribution >= 4 is 11.9 Å². The topological polar surface area (TPSA) is 102 Å². The molecule has 4 rings (SSSR count). The quantitative estimate of drug-likeness (QED) is 0.394. The summed E-state index contributed by atoms with van der Waals surface area (Å²) < 4.78 is 48.1. The van der Waals surface area contributed by atoms with Crippen LogP contribution in [0, 0.1) is 5.92 Å². The summed E-state index contributed by atoms with van der Waals surface area (Å²) in [6, 6.07) is 5.89. The van der Waals surface area contributed by atoms with Crippen molar-refractivity contribution in [2.75, 3.05) is 0 Å². The molecule has 36 heavy (non-hydrogen) atoms. The Morgan fingerprint density at radius 2 is 1.61 bits per heavy atom. The Hall–Kier alpha value is -3.31. The van der Waals surface area contributed by atoms with Crippen molar-refractivity contribution in [3.05, 3.63) is 35.5 Å². The maximum absolute atomic E-state index is 12.6. The van der Waals surface area contributed by atoms with E-state index >= 15 is 0 Å². The van der Waals surface area contributed by atoms with E-state index < -0.39 is 18.3 Å². The summed E-state index contributed by atoms with van der Waals surface area (Å²) >= 11 is 0. The summed E-state index contributed by atoms with van der Waals surface area (Å²) in [5.74, 6) is -1.85. The molecule has 1 aromatic heterocycles. The van der Waals surface area contributed by atoms with Crippen molar-refractivity contribution in [3.63, 3.8) is 0 Å². The van der Waals surface area contributed by atoms with Crippen LogP contribution in [0.4, 0.5) is 13.2 Å². The molecule has 0 spiro atoms. The standard InChI is InChI=1S/C24H28F3N3O6/c1-30-20(23(32)36-35-22(31)17-5-3-2-4-6-17)21(28-29-30)33-18-11-7-15(8-12-18)16-9-13-19(14-10-16)34-24(25,26)27/h9-10,13-15,17-18H,2-8,11-12H2,1H3. The van der Waals surface area contributed by atoms with Crippen molar-refractivity contribution in [1.29, 1.82) is 0 Å². The predicted octanol–water partition coefficient (Wildman–Crippen LogP) is 5.01. The van der Waals surface area contributed by atoms with Gasteiger partial charge in [0.25, 0.3) is 5.88 Å². The van der Waals surface area contributed by atoms with Crippen LogP contribution in [0.5, 0.6) is 11.6 Å². The first-order valence-electron chi connectivity index (χ1n) is 12.0. The smallest absolute Gasteiger partial charge is 0.472 e. The Balaban J connectivity index is 1.28. The highest BCUT2D eigenvalue weighted by molar-refractivity contribution is 5.90. The Morgan fingerprint density at radius 3 is 2.25 bits per heavy atom. The number of halogens is 3. The number of hydrogen-bond donors (Lipinski definition) is 0. The first-order chi connectivity index (χ1) is 17.2. The number of carbonyl (C=O) groups is 2. The van der Waals surface area contributed by atoms with Crippen LogP contribution in [-0.2, 0) is 21.6 Å². The van der Waals surface area contributed by atoms with E-state index in [2.05, 4.69) is 15.0 Å². The molecule has 2 aliphatic rings. The van der Waals surface area contributed by atoms with Crippen LogP contribution >= 0.6 is 0 Å². The summed E-state index contributed by atoms with van der Waals surface area (Å²) in [4.78, 5) is 34.3. The fourth-order valence-corrected chi connectivity index (χ4v) is 4.78. The third-order valence-corrected chi connectivity index (χ3v) is 6.66. The maximum atomic E-state index is 12.6. The molecule has 0 radical (unpaired) electrons. The van der Waals surface area contributed by atoms with Gasteiger partial charge in [-0.25, -0.2) is 24.0 Å². The third-order valence-electron chi connectivity index (χ3n) is 6.66. The van der Waals surface area contributed by atoms with E-state index in [1.54, 1.807) is 12.1 Å². The Morgan fingerprint density at radius 1 is 0.944 bits per heavy atom. The van der Waals surface area contributed by atoms with Crippen molar-refractivity contribution < 1.29 is 42.0 Å². The van der Waals surface area contributed by atoms with Gasteiger partial charge in [0.2, 0.25) is 5.69 Å². The second-order valence-electron chi connectivity index (χ2n) is 9.18. The van der Waals surface area contributed by atoms with Gasteiger partial charge in [-0.2, -0.15) is 0 Å². The molecule has 2 aromatic rings. The van der Waals surface area contributed by atoms with Crippen LogP contribution < -0.4 is 9.47 Å². The van der Waals surface area contributed by atoms with Gasteiger partial charge in [0.15, 0.2) is 0 Å². The fraction of sp³-hybridized carbons (Fsp3) is 0.583. The van der Waals surface area contributed by atoms with Gasteiger partial charge < -0.3 is 9.47 Å². The highest BCUT2D eigenvalue weighted by Gasteiger charge is 2.32. The third kappa shape index (κ3) is 6.67. The molecule has 1 heterocycles. The van der Waals surface area contributed by atoms with Crippen LogP contribution in [0.1, 0.15) is 79.8 Å². The van der Waals surface area contributed by atoms with E-state index in [0.717, 1.165) is 37.7 Å². The van der Waals surface area contributed by atoms with Gasteiger partial charge in [0.1, 0.15) is 11.9 Å². The fourth-order valence-electron chi connectivity index (χ4n) is 4.78. The average molecular weight is 511 g/mol. The van der Waals surface area contributed by atoms with Crippen molar-refractivity contribution in [3.8, 4) is 11.6 Å². The highest BCUT2D eigenvalue weighted by atomic mass is 19.4. The monoisotopic (exact) mass is 511 g/mol. The van der Waals surface area contributed by atoms with E-state index in [4.69, 9.17) is 14.5 Å². The Kier molecular flexibility index (Phi) is 8.00. The first kappa shape index (κ1) is 25.8. The number of carbonyl (C=O) groups excluding carboxylic acids is 2.